The molecular weight excluding hydrogens is 259 g/mol. The van der Waals surface area contributed by atoms with Gasteiger partial charge in [-0.05, 0) is 36.8 Å². The van der Waals surface area contributed by atoms with Gasteiger partial charge in [0, 0.05) is 5.56 Å². The summed E-state index contributed by atoms with van der Waals surface area (Å²) in [6.07, 6.45) is -0.809. The number of aliphatic hydroxyl groups excluding tert-OH is 1. The second kappa shape index (κ2) is 6.39. The molecule has 0 aliphatic heterocycles. The Hall–Kier alpha value is -2.07. The van der Waals surface area contributed by atoms with Crippen LogP contribution in [-0.4, -0.2) is 18.8 Å². The van der Waals surface area contributed by atoms with E-state index >= 15 is 0 Å². The van der Waals surface area contributed by atoms with E-state index in [1.54, 1.807) is 32.2 Å². The zero-order chi connectivity index (χ0) is 14.5. The van der Waals surface area contributed by atoms with E-state index in [1.807, 2.05) is 12.1 Å². The number of hydrogen-bond acceptors (Lipinski definition) is 3. The molecule has 2 aromatic rings. The largest absolute Gasteiger partial charge is 0.496 e. The minimum Gasteiger partial charge on any atom is -0.496 e. The van der Waals surface area contributed by atoms with Crippen molar-refractivity contribution in [1.82, 2.24) is 0 Å². The molecule has 2 rings (SSSR count). The van der Waals surface area contributed by atoms with Crippen molar-refractivity contribution in [2.45, 2.75) is 13.0 Å². The van der Waals surface area contributed by atoms with Crippen LogP contribution in [0.2, 0.25) is 0 Å². The van der Waals surface area contributed by atoms with Crippen LogP contribution >= 0.6 is 0 Å². The SMILES string of the molecule is COc1ccccc1C(O)COc1ccc(F)c(C)c1. The Morgan fingerprint density at radius 2 is 1.95 bits per heavy atom. The highest BCUT2D eigenvalue weighted by atomic mass is 19.1. The first-order chi connectivity index (χ1) is 9.61. The van der Waals surface area contributed by atoms with Crippen LogP contribution in [0.3, 0.4) is 0 Å². The van der Waals surface area contributed by atoms with Crippen LogP contribution in [0.4, 0.5) is 4.39 Å². The van der Waals surface area contributed by atoms with Gasteiger partial charge in [-0.2, -0.15) is 0 Å². The van der Waals surface area contributed by atoms with Gasteiger partial charge in [0.05, 0.1) is 7.11 Å². The number of aliphatic hydroxyl groups is 1. The zero-order valence-electron chi connectivity index (χ0n) is 11.5. The number of aryl methyl sites for hydroxylation is 1. The lowest BCUT2D eigenvalue weighted by Crippen LogP contribution is -2.11. The summed E-state index contributed by atoms with van der Waals surface area (Å²) in [5.74, 6) is 0.861. The van der Waals surface area contributed by atoms with Gasteiger partial charge in [0.15, 0.2) is 0 Å². The van der Waals surface area contributed by atoms with Gasteiger partial charge in [0.25, 0.3) is 0 Å². The second-order valence-electron chi connectivity index (χ2n) is 4.48. The van der Waals surface area contributed by atoms with E-state index < -0.39 is 6.10 Å². The van der Waals surface area contributed by atoms with Crippen LogP contribution in [-0.2, 0) is 0 Å². The van der Waals surface area contributed by atoms with Gasteiger partial charge in [0.1, 0.15) is 30.0 Å². The average molecular weight is 276 g/mol. The minimum absolute atomic E-state index is 0.0748. The molecule has 1 N–H and O–H groups in total. The van der Waals surface area contributed by atoms with Crippen molar-refractivity contribution in [3.63, 3.8) is 0 Å². The highest BCUT2D eigenvalue weighted by Gasteiger charge is 2.13. The van der Waals surface area contributed by atoms with Crippen LogP contribution < -0.4 is 9.47 Å². The summed E-state index contributed by atoms with van der Waals surface area (Å²) in [6, 6.07) is 11.7. The predicted octanol–water partition coefficient (Wildman–Crippen LogP) is 3.26. The van der Waals surface area contributed by atoms with E-state index in [9.17, 15) is 9.50 Å². The van der Waals surface area contributed by atoms with Crippen LogP contribution in [0, 0.1) is 12.7 Å². The molecule has 0 aliphatic carbocycles. The molecule has 1 unspecified atom stereocenters. The predicted molar refractivity (Wildman–Crippen MR) is 74.6 cm³/mol. The number of para-hydroxylation sites is 1. The van der Waals surface area contributed by atoms with E-state index in [1.165, 1.54) is 12.1 Å². The lowest BCUT2D eigenvalue weighted by atomic mass is 10.1. The van der Waals surface area contributed by atoms with Gasteiger partial charge in [-0.25, -0.2) is 4.39 Å². The highest BCUT2D eigenvalue weighted by Crippen LogP contribution is 2.25. The summed E-state index contributed by atoms with van der Waals surface area (Å²) in [5, 5.41) is 10.1. The molecule has 0 fully saturated rings. The molecule has 4 heteroatoms. The number of halogens is 1. The molecule has 3 nitrogen and oxygen atoms in total. The summed E-state index contributed by atoms with van der Waals surface area (Å²) < 4.78 is 23.8. The van der Waals surface area contributed by atoms with E-state index in [0.717, 1.165) is 0 Å². The third-order valence-corrected chi connectivity index (χ3v) is 3.04. The van der Waals surface area contributed by atoms with Crippen molar-refractivity contribution in [1.29, 1.82) is 0 Å². The Labute approximate surface area is 117 Å². The van der Waals surface area contributed by atoms with Gasteiger partial charge in [-0.15, -0.1) is 0 Å². The van der Waals surface area contributed by atoms with Crippen LogP contribution in [0.1, 0.15) is 17.2 Å². The summed E-state index contributed by atoms with van der Waals surface area (Å²) in [4.78, 5) is 0. The Bertz CT molecular complexity index is 584. The molecule has 2 aromatic carbocycles. The molecule has 1 atom stereocenters. The highest BCUT2D eigenvalue weighted by molar-refractivity contribution is 5.35. The number of benzene rings is 2. The smallest absolute Gasteiger partial charge is 0.126 e. The molecule has 0 saturated heterocycles. The third-order valence-electron chi connectivity index (χ3n) is 3.04. The summed E-state index contributed by atoms with van der Waals surface area (Å²) in [5.41, 5.74) is 1.17. The molecule has 0 radical (unpaired) electrons. The second-order valence-corrected chi connectivity index (χ2v) is 4.48. The maximum absolute atomic E-state index is 13.1. The molecule has 0 heterocycles. The lowest BCUT2D eigenvalue weighted by molar-refractivity contribution is 0.105. The first-order valence-electron chi connectivity index (χ1n) is 6.31. The van der Waals surface area contributed by atoms with Crippen LogP contribution in [0.15, 0.2) is 42.5 Å². The van der Waals surface area contributed by atoms with E-state index in [2.05, 4.69) is 0 Å². The van der Waals surface area contributed by atoms with Crippen molar-refractivity contribution < 1.29 is 19.0 Å². The average Bonchev–Trinajstić information content (AvgIpc) is 2.48. The zero-order valence-corrected chi connectivity index (χ0v) is 11.5. The van der Waals surface area contributed by atoms with Gasteiger partial charge in [0.2, 0.25) is 0 Å². The van der Waals surface area contributed by atoms with Crippen molar-refractivity contribution >= 4 is 0 Å². The van der Waals surface area contributed by atoms with Crippen LogP contribution in [0.25, 0.3) is 0 Å². The third kappa shape index (κ3) is 3.27. The maximum atomic E-state index is 13.1. The summed E-state index contributed by atoms with van der Waals surface area (Å²) in [6.45, 7) is 1.74. The van der Waals surface area contributed by atoms with Crippen molar-refractivity contribution in [3.8, 4) is 11.5 Å². The molecule has 0 amide bonds. The van der Waals surface area contributed by atoms with Gasteiger partial charge < -0.3 is 14.6 Å². The van der Waals surface area contributed by atoms with Gasteiger partial charge >= 0.3 is 0 Å². The first kappa shape index (κ1) is 14.3. The molecule has 0 bridgehead atoms. The number of hydrogen-bond donors (Lipinski definition) is 1. The Morgan fingerprint density at radius 3 is 2.65 bits per heavy atom. The molecular formula is C16H17FO3. The fourth-order valence-corrected chi connectivity index (χ4v) is 1.91. The number of methoxy groups -OCH3 is 1. The fourth-order valence-electron chi connectivity index (χ4n) is 1.91. The van der Waals surface area contributed by atoms with Gasteiger partial charge in [-0.1, -0.05) is 18.2 Å². The lowest BCUT2D eigenvalue weighted by Gasteiger charge is -2.15. The number of rotatable bonds is 5. The normalized spacial score (nSPS) is 12.0. The van der Waals surface area contributed by atoms with Crippen LogP contribution in [0.5, 0.6) is 11.5 Å². The molecule has 0 saturated carbocycles. The topological polar surface area (TPSA) is 38.7 Å². The minimum atomic E-state index is -0.809. The Morgan fingerprint density at radius 1 is 1.20 bits per heavy atom. The van der Waals surface area contributed by atoms with Crippen molar-refractivity contribution in [2.24, 2.45) is 0 Å². The Kier molecular flexibility index (Phi) is 4.58. The van der Waals surface area contributed by atoms with Crippen molar-refractivity contribution in [3.05, 3.63) is 59.4 Å². The quantitative estimate of drug-likeness (QED) is 0.911. The molecule has 20 heavy (non-hydrogen) atoms. The van der Waals surface area contributed by atoms with E-state index in [0.29, 0.717) is 22.6 Å². The monoisotopic (exact) mass is 276 g/mol. The Balaban J connectivity index is 2.04. The molecule has 0 aromatic heterocycles. The summed E-state index contributed by atoms with van der Waals surface area (Å²) in [7, 11) is 1.55. The van der Waals surface area contributed by atoms with E-state index in [4.69, 9.17) is 9.47 Å². The molecule has 106 valence electrons. The fraction of sp³-hybridized carbons (Fsp3) is 0.250. The standard InChI is InChI=1S/C16H17FO3/c1-11-9-12(7-8-14(11)17)20-10-15(18)13-5-3-4-6-16(13)19-2/h3-9,15,18H,10H2,1-2H3. The van der Waals surface area contributed by atoms with E-state index in [-0.39, 0.29) is 12.4 Å². The van der Waals surface area contributed by atoms with Crippen molar-refractivity contribution in [2.75, 3.05) is 13.7 Å². The maximum Gasteiger partial charge on any atom is 0.126 e. The van der Waals surface area contributed by atoms with Gasteiger partial charge in [-0.3, -0.25) is 0 Å². The first-order valence-corrected chi connectivity index (χ1v) is 6.31. The molecule has 0 spiro atoms. The summed E-state index contributed by atoms with van der Waals surface area (Å²) >= 11 is 0. The molecule has 0 aliphatic rings. The number of ether oxygens (including phenoxy) is 2.